The number of aryl methyl sites for hydroxylation is 1. The van der Waals surface area contributed by atoms with E-state index in [0.717, 1.165) is 5.56 Å². The standard InChI is InChI=1S/C19H14Br2N2O3/c1-11-3-5-15(6-4-11)23-19(25)14(10-22)7-13-8-16(20)18(17(21)9-13)26-12(2)24/h3-9H,1-2H3,(H,23,25)/b14-7-. The molecule has 0 radical (unpaired) electrons. The molecule has 2 aromatic rings. The van der Waals surface area contributed by atoms with E-state index in [1.54, 1.807) is 24.3 Å². The predicted octanol–water partition coefficient (Wildman–Crippen LogP) is 4.99. The molecule has 0 unspecified atom stereocenters. The van der Waals surface area contributed by atoms with Crippen LogP contribution in [0.1, 0.15) is 18.1 Å². The van der Waals surface area contributed by atoms with Gasteiger partial charge in [0.15, 0.2) is 5.75 Å². The molecule has 132 valence electrons. The van der Waals surface area contributed by atoms with Gasteiger partial charge in [0.05, 0.1) is 8.95 Å². The molecule has 0 fully saturated rings. The third-order valence-electron chi connectivity index (χ3n) is 3.25. The molecule has 0 bridgehead atoms. The van der Waals surface area contributed by atoms with E-state index in [2.05, 4.69) is 37.2 Å². The van der Waals surface area contributed by atoms with Crippen molar-refractivity contribution in [3.63, 3.8) is 0 Å². The zero-order valence-electron chi connectivity index (χ0n) is 14.0. The van der Waals surface area contributed by atoms with E-state index < -0.39 is 11.9 Å². The lowest BCUT2D eigenvalue weighted by molar-refractivity contribution is -0.132. The minimum atomic E-state index is -0.507. The number of amides is 1. The summed E-state index contributed by atoms with van der Waals surface area (Å²) in [7, 11) is 0. The first-order valence-electron chi connectivity index (χ1n) is 7.47. The molecular weight excluding hydrogens is 464 g/mol. The second-order valence-corrected chi connectivity index (χ2v) is 7.11. The van der Waals surface area contributed by atoms with Crippen molar-refractivity contribution < 1.29 is 14.3 Å². The SMILES string of the molecule is CC(=O)Oc1c(Br)cc(/C=C(/C#N)C(=O)Nc2ccc(C)cc2)cc1Br. The van der Waals surface area contributed by atoms with Gasteiger partial charge in [0.1, 0.15) is 11.6 Å². The van der Waals surface area contributed by atoms with E-state index in [4.69, 9.17) is 4.74 Å². The van der Waals surface area contributed by atoms with E-state index in [9.17, 15) is 14.9 Å². The molecule has 0 spiro atoms. The first-order valence-corrected chi connectivity index (χ1v) is 9.06. The normalized spacial score (nSPS) is 10.8. The molecule has 2 aromatic carbocycles. The van der Waals surface area contributed by atoms with Gasteiger partial charge in [0, 0.05) is 12.6 Å². The number of carbonyl (C=O) groups excluding carboxylic acids is 2. The summed E-state index contributed by atoms with van der Waals surface area (Å²) in [6, 6.07) is 12.5. The van der Waals surface area contributed by atoms with Gasteiger partial charge in [-0.15, -0.1) is 0 Å². The van der Waals surface area contributed by atoms with Crippen LogP contribution in [0.25, 0.3) is 6.08 Å². The average molecular weight is 478 g/mol. The Kier molecular flexibility index (Phi) is 6.72. The van der Waals surface area contributed by atoms with Gasteiger partial charge in [-0.2, -0.15) is 5.26 Å². The Bertz CT molecular complexity index is 906. The molecule has 26 heavy (non-hydrogen) atoms. The third kappa shape index (κ3) is 5.28. The predicted molar refractivity (Wildman–Crippen MR) is 107 cm³/mol. The lowest BCUT2D eigenvalue weighted by atomic mass is 10.1. The lowest BCUT2D eigenvalue weighted by Crippen LogP contribution is -2.13. The van der Waals surface area contributed by atoms with Crippen molar-refractivity contribution in [2.24, 2.45) is 0 Å². The fourth-order valence-corrected chi connectivity index (χ4v) is 3.44. The summed E-state index contributed by atoms with van der Waals surface area (Å²) in [6.07, 6.45) is 1.45. The van der Waals surface area contributed by atoms with Crippen molar-refractivity contribution in [1.82, 2.24) is 0 Å². The Balaban J connectivity index is 2.27. The summed E-state index contributed by atoms with van der Waals surface area (Å²) in [5.41, 5.74) is 2.22. The highest BCUT2D eigenvalue weighted by Crippen LogP contribution is 2.35. The number of esters is 1. The number of nitriles is 1. The zero-order chi connectivity index (χ0) is 19.3. The number of hydrogen-bond donors (Lipinski definition) is 1. The summed E-state index contributed by atoms with van der Waals surface area (Å²) >= 11 is 6.63. The van der Waals surface area contributed by atoms with Crippen molar-refractivity contribution >= 4 is 55.5 Å². The smallest absolute Gasteiger partial charge is 0.308 e. The van der Waals surface area contributed by atoms with Crippen LogP contribution in [0, 0.1) is 18.3 Å². The number of ether oxygens (including phenoxy) is 1. The van der Waals surface area contributed by atoms with E-state index in [1.165, 1.54) is 13.0 Å². The van der Waals surface area contributed by atoms with Crippen molar-refractivity contribution in [2.45, 2.75) is 13.8 Å². The highest BCUT2D eigenvalue weighted by Gasteiger charge is 2.13. The molecule has 0 saturated heterocycles. The highest BCUT2D eigenvalue weighted by atomic mass is 79.9. The van der Waals surface area contributed by atoms with Gasteiger partial charge in [-0.05, 0) is 74.7 Å². The molecule has 0 aliphatic carbocycles. The van der Waals surface area contributed by atoms with Crippen LogP contribution in [-0.4, -0.2) is 11.9 Å². The van der Waals surface area contributed by atoms with Crippen LogP contribution in [0.4, 0.5) is 5.69 Å². The van der Waals surface area contributed by atoms with Gasteiger partial charge in [-0.3, -0.25) is 9.59 Å². The van der Waals surface area contributed by atoms with Crippen LogP contribution in [-0.2, 0) is 9.59 Å². The van der Waals surface area contributed by atoms with Crippen LogP contribution >= 0.6 is 31.9 Å². The Hall–Kier alpha value is -2.43. The van der Waals surface area contributed by atoms with Crippen molar-refractivity contribution in [3.05, 3.63) is 62.0 Å². The van der Waals surface area contributed by atoms with Crippen molar-refractivity contribution in [1.29, 1.82) is 5.26 Å². The second kappa shape index (κ2) is 8.79. The number of rotatable bonds is 4. The molecule has 0 aliphatic heterocycles. The van der Waals surface area contributed by atoms with Gasteiger partial charge >= 0.3 is 5.97 Å². The van der Waals surface area contributed by atoms with Crippen molar-refractivity contribution in [3.8, 4) is 11.8 Å². The second-order valence-electron chi connectivity index (χ2n) is 5.40. The summed E-state index contributed by atoms with van der Waals surface area (Å²) in [6.45, 7) is 3.25. The van der Waals surface area contributed by atoms with Gasteiger partial charge in [0.25, 0.3) is 5.91 Å². The van der Waals surface area contributed by atoms with Gasteiger partial charge in [-0.1, -0.05) is 17.7 Å². The number of hydrogen-bond acceptors (Lipinski definition) is 4. The lowest BCUT2D eigenvalue weighted by Gasteiger charge is -2.09. The maximum atomic E-state index is 12.3. The van der Waals surface area contributed by atoms with E-state index in [1.807, 2.05) is 25.1 Å². The molecule has 0 saturated carbocycles. The maximum Gasteiger partial charge on any atom is 0.308 e. The Morgan fingerprint density at radius 1 is 1.15 bits per heavy atom. The van der Waals surface area contributed by atoms with Crippen molar-refractivity contribution in [2.75, 3.05) is 5.32 Å². The number of halogens is 2. The summed E-state index contributed by atoms with van der Waals surface area (Å²) in [5, 5.41) is 12.0. The molecule has 1 amide bonds. The Labute approximate surface area is 167 Å². The molecule has 1 N–H and O–H groups in total. The van der Waals surface area contributed by atoms with Crippen LogP contribution < -0.4 is 10.1 Å². The topological polar surface area (TPSA) is 79.2 Å². The first kappa shape index (κ1) is 19.9. The zero-order valence-corrected chi connectivity index (χ0v) is 17.1. The number of nitrogens with one attached hydrogen (secondary N) is 1. The fraction of sp³-hybridized carbons (Fsp3) is 0.105. The van der Waals surface area contributed by atoms with E-state index in [0.29, 0.717) is 25.9 Å². The quantitative estimate of drug-likeness (QED) is 0.291. The summed E-state index contributed by atoms with van der Waals surface area (Å²) in [4.78, 5) is 23.5. The highest BCUT2D eigenvalue weighted by molar-refractivity contribution is 9.11. The molecule has 0 heterocycles. The minimum absolute atomic E-state index is 0.0513. The fourth-order valence-electron chi connectivity index (χ4n) is 2.05. The van der Waals surface area contributed by atoms with E-state index >= 15 is 0 Å². The molecule has 0 aromatic heterocycles. The molecule has 7 heteroatoms. The average Bonchev–Trinajstić information content (AvgIpc) is 2.57. The molecule has 5 nitrogen and oxygen atoms in total. The molecule has 2 rings (SSSR count). The molecule has 0 aliphatic rings. The summed E-state index contributed by atoms with van der Waals surface area (Å²) in [5.74, 6) is -0.630. The largest absolute Gasteiger partial charge is 0.424 e. The van der Waals surface area contributed by atoms with Gasteiger partial charge < -0.3 is 10.1 Å². The number of benzene rings is 2. The van der Waals surface area contributed by atoms with Crippen LogP contribution in [0.2, 0.25) is 0 Å². The minimum Gasteiger partial charge on any atom is -0.424 e. The molecular formula is C19H14Br2N2O3. The molecule has 0 atom stereocenters. The first-order chi connectivity index (χ1) is 12.3. The Morgan fingerprint density at radius 2 is 1.73 bits per heavy atom. The van der Waals surface area contributed by atoms with Crippen LogP contribution in [0.15, 0.2) is 50.9 Å². The number of carbonyl (C=O) groups is 2. The van der Waals surface area contributed by atoms with E-state index in [-0.39, 0.29) is 5.57 Å². The van der Waals surface area contributed by atoms with Gasteiger partial charge in [0.2, 0.25) is 0 Å². The van der Waals surface area contributed by atoms with Gasteiger partial charge in [-0.25, -0.2) is 0 Å². The maximum absolute atomic E-state index is 12.3. The Morgan fingerprint density at radius 3 is 2.23 bits per heavy atom. The third-order valence-corrected chi connectivity index (χ3v) is 4.43. The van der Waals surface area contributed by atoms with Crippen LogP contribution in [0.3, 0.4) is 0 Å². The summed E-state index contributed by atoms with van der Waals surface area (Å²) < 4.78 is 6.14. The number of anilines is 1. The number of nitrogens with zero attached hydrogens (tertiary/aromatic N) is 1. The monoisotopic (exact) mass is 476 g/mol. The van der Waals surface area contributed by atoms with Crippen LogP contribution in [0.5, 0.6) is 5.75 Å².